The summed E-state index contributed by atoms with van der Waals surface area (Å²) < 4.78 is 40.1. The molecule has 0 fully saturated rings. The summed E-state index contributed by atoms with van der Waals surface area (Å²) in [6, 6.07) is 24.2. The fourth-order valence-corrected chi connectivity index (χ4v) is 7.10. The second kappa shape index (κ2) is 16.0. The van der Waals surface area contributed by atoms with Crippen LogP contribution in [-0.4, -0.2) is 45.1 Å². The highest BCUT2D eigenvalue weighted by Gasteiger charge is 2.18. The van der Waals surface area contributed by atoms with Crippen LogP contribution in [0.2, 0.25) is 0 Å². The molecular formula is C36H48N2O4S. The molecule has 0 aliphatic carbocycles. The van der Waals surface area contributed by atoms with E-state index in [4.69, 9.17) is 9.47 Å². The first kappa shape index (κ1) is 32.6. The van der Waals surface area contributed by atoms with Crippen molar-refractivity contribution >= 4 is 20.9 Å². The van der Waals surface area contributed by atoms with E-state index in [1.807, 2.05) is 42.5 Å². The number of aryl methyl sites for hydroxylation is 2. The van der Waals surface area contributed by atoms with E-state index in [9.17, 15) is 8.42 Å². The number of nitrogens with zero attached hydrogens (tertiary/aromatic N) is 2. The van der Waals surface area contributed by atoms with Crippen LogP contribution in [0.5, 0.6) is 11.5 Å². The van der Waals surface area contributed by atoms with Crippen molar-refractivity contribution in [3.63, 3.8) is 0 Å². The van der Waals surface area contributed by atoms with E-state index in [1.54, 1.807) is 21.3 Å². The van der Waals surface area contributed by atoms with Crippen LogP contribution in [0.15, 0.2) is 72.8 Å². The van der Waals surface area contributed by atoms with Gasteiger partial charge >= 0.3 is 0 Å². The summed E-state index contributed by atoms with van der Waals surface area (Å²) >= 11 is 0. The van der Waals surface area contributed by atoms with Gasteiger partial charge in [0, 0.05) is 31.0 Å². The van der Waals surface area contributed by atoms with Gasteiger partial charge < -0.3 is 14.0 Å². The number of fused-ring (bicyclic) bond motifs is 1. The molecule has 3 aromatic carbocycles. The van der Waals surface area contributed by atoms with Gasteiger partial charge in [-0.05, 0) is 78.9 Å². The lowest BCUT2D eigenvalue weighted by Crippen LogP contribution is -2.29. The lowest BCUT2D eigenvalue weighted by molar-refractivity contribution is 0.415. The lowest BCUT2D eigenvalue weighted by Gasteiger charge is -2.17. The van der Waals surface area contributed by atoms with Crippen LogP contribution in [0.4, 0.5) is 0 Å². The molecule has 0 aliphatic rings. The lowest BCUT2D eigenvalue weighted by atomic mass is 10.1. The number of aromatic nitrogens is 1. The Morgan fingerprint density at radius 1 is 0.721 bits per heavy atom. The summed E-state index contributed by atoms with van der Waals surface area (Å²) in [5.74, 6) is 1.82. The third-order valence-corrected chi connectivity index (χ3v) is 10.2. The molecular weight excluding hydrogens is 556 g/mol. The van der Waals surface area contributed by atoms with E-state index in [1.165, 1.54) is 64.1 Å². The van der Waals surface area contributed by atoms with Gasteiger partial charge in [0.2, 0.25) is 10.0 Å². The van der Waals surface area contributed by atoms with Crippen LogP contribution in [0, 0.1) is 6.92 Å². The third kappa shape index (κ3) is 8.87. The predicted octanol–water partition coefficient (Wildman–Crippen LogP) is 8.61. The van der Waals surface area contributed by atoms with E-state index in [2.05, 4.69) is 41.8 Å². The molecule has 0 saturated carbocycles. The first-order valence-electron chi connectivity index (χ1n) is 15.6. The van der Waals surface area contributed by atoms with Gasteiger partial charge in [-0.3, -0.25) is 0 Å². The van der Waals surface area contributed by atoms with Crippen molar-refractivity contribution in [1.82, 2.24) is 8.87 Å². The minimum atomic E-state index is -3.26. The molecule has 232 valence electrons. The molecule has 1 aromatic heterocycles. The van der Waals surface area contributed by atoms with Crippen molar-refractivity contribution in [2.75, 3.05) is 27.8 Å². The van der Waals surface area contributed by atoms with Crippen molar-refractivity contribution < 1.29 is 17.9 Å². The summed E-state index contributed by atoms with van der Waals surface area (Å²) in [5, 5.41) is 1.24. The number of unbranched alkanes of at least 4 members (excludes halogenated alkanes) is 8. The molecule has 43 heavy (non-hydrogen) atoms. The number of rotatable bonds is 18. The average Bonchev–Trinajstić information content (AvgIpc) is 3.30. The van der Waals surface area contributed by atoms with Gasteiger partial charge in [0.25, 0.3) is 0 Å². The number of benzene rings is 3. The molecule has 0 aliphatic heterocycles. The van der Waals surface area contributed by atoms with E-state index >= 15 is 0 Å². The molecule has 7 heteroatoms. The number of methoxy groups -OCH3 is 2. The van der Waals surface area contributed by atoms with Gasteiger partial charge in [0.05, 0.1) is 25.7 Å². The van der Waals surface area contributed by atoms with Gasteiger partial charge in [0.15, 0.2) is 0 Å². The van der Waals surface area contributed by atoms with Crippen LogP contribution in [0.25, 0.3) is 22.2 Å². The highest BCUT2D eigenvalue weighted by molar-refractivity contribution is 7.88. The van der Waals surface area contributed by atoms with Crippen molar-refractivity contribution in [2.24, 2.45) is 0 Å². The van der Waals surface area contributed by atoms with Crippen LogP contribution in [0.1, 0.15) is 68.9 Å². The maximum absolute atomic E-state index is 12.6. The van der Waals surface area contributed by atoms with Gasteiger partial charge in [-0.2, -0.15) is 0 Å². The maximum Gasteiger partial charge on any atom is 0.218 e. The molecule has 4 aromatic rings. The van der Waals surface area contributed by atoms with Gasteiger partial charge in [-0.1, -0.05) is 75.3 Å². The monoisotopic (exact) mass is 604 g/mol. The Hall–Kier alpha value is -3.29. The highest BCUT2D eigenvalue weighted by atomic mass is 32.2. The van der Waals surface area contributed by atoms with E-state index < -0.39 is 10.0 Å². The molecule has 0 amide bonds. The number of hydrogen-bond donors (Lipinski definition) is 0. The quantitative estimate of drug-likeness (QED) is 0.107. The standard InChI is InChI=1S/C36H48N2O4S/c1-29-34-27-33(42-4)23-24-35(34)38(36(29)31-19-21-32(41-3)22-20-31)26-16-11-9-7-5-6-8-10-15-25-37(2)43(39,40)28-30-17-13-12-14-18-30/h12-14,17-24,27H,5-11,15-16,25-26,28H2,1-4H3. The summed E-state index contributed by atoms with van der Waals surface area (Å²) in [6.07, 6.45) is 10.4. The highest BCUT2D eigenvalue weighted by Crippen LogP contribution is 2.36. The van der Waals surface area contributed by atoms with E-state index in [-0.39, 0.29) is 5.75 Å². The first-order valence-corrected chi connectivity index (χ1v) is 17.2. The second-order valence-electron chi connectivity index (χ2n) is 11.5. The molecule has 0 spiro atoms. The van der Waals surface area contributed by atoms with Gasteiger partial charge in [-0.25, -0.2) is 12.7 Å². The van der Waals surface area contributed by atoms with Crippen molar-refractivity contribution in [1.29, 1.82) is 0 Å². The van der Waals surface area contributed by atoms with Crippen molar-refractivity contribution in [2.45, 2.75) is 77.0 Å². The summed E-state index contributed by atoms with van der Waals surface area (Å²) in [5.41, 5.74) is 5.84. The number of ether oxygens (including phenoxy) is 2. The Bertz CT molecular complexity index is 1530. The largest absolute Gasteiger partial charge is 0.497 e. The Balaban J connectivity index is 1.18. The van der Waals surface area contributed by atoms with Crippen LogP contribution >= 0.6 is 0 Å². The minimum absolute atomic E-state index is 0.0715. The van der Waals surface area contributed by atoms with Crippen molar-refractivity contribution in [3.05, 3.63) is 83.9 Å². The van der Waals surface area contributed by atoms with Crippen LogP contribution in [-0.2, 0) is 22.3 Å². The van der Waals surface area contributed by atoms with Gasteiger partial charge in [0.1, 0.15) is 11.5 Å². The Kier molecular flexibility index (Phi) is 12.1. The maximum atomic E-state index is 12.6. The summed E-state index contributed by atoms with van der Waals surface area (Å²) in [4.78, 5) is 0. The van der Waals surface area contributed by atoms with Gasteiger partial charge in [-0.15, -0.1) is 0 Å². The minimum Gasteiger partial charge on any atom is -0.497 e. The molecule has 0 bridgehead atoms. The number of sulfonamides is 1. The zero-order valence-electron chi connectivity index (χ0n) is 26.3. The normalized spacial score (nSPS) is 11.8. The van der Waals surface area contributed by atoms with Crippen LogP contribution < -0.4 is 9.47 Å². The first-order chi connectivity index (χ1) is 20.8. The SMILES string of the molecule is COc1ccc(-c2c(C)c3cc(OC)ccc3n2CCCCCCCCCCCN(C)S(=O)(=O)Cc2ccccc2)cc1. The van der Waals surface area contributed by atoms with E-state index in [0.717, 1.165) is 49.3 Å². The smallest absolute Gasteiger partial charge is 0.218 e. The predicted molar refractivity (Wildman–Crippen MR) is 178 cm³/mol. The molecule has 0 N–H and O–H groups in total. The molecule has 4 rings (SSSR count). The fraction of sp³-hybridized carbons (Fsp3) is 0.444. The third-order valence-electron chi connectivity index (χ3n) is 8.41. The summed E-state index contributed by atoms with van der Waals surface area (Å²) in [7, 11) is 1.86. The molecule has 0 unspecified atom stereocenters. The van der Waals surface area contributed by atoms with E-state index in [0.29, 0.717) is 6.54 Å². The zero-order chi connectivity index (χ0) is 30.7. The van der Waals surface area contributed by atoms with Crippen molar-refractivity contribution in [3.8, 4) is 22.8 Å². The molecule has 0 saturated heterocycles. The Labute approximate surface area is 258 Å². The topological polar surface area (TPSA) is 60.8 Å². The fourth-order valence-electron chi connectivity index (χ4n) is 5.86. The zero-order valence-corrected chi connectivity index (χ0v) is 27.2. The number of hydrogen-bond acceptors (Lipinski definition) is 4. The summed E-state index contributed by atoms with van der Waals surface area (Å²) in [6.45, 7) is 3.78. The Morgan fingerprint density at radius 3 is 1.93 bits per heavy atom. The molecule has 0 radical (unpaired) electrons. The Morgan fingerprint density at radius 2 is 1.30 bits per heavy atom. The van der Waals surface area contributed by atoms with Crippen LogP contribution in [0.3, 0.4) is 0 Å². The molecule has 6 nitrogen and oxygen atoms in total. The second-order valence-corrected chi connectivity index (χ2v) is 13.6. The average molecular weight is 605 g/mol. The molecule has 0 atom stereocenters. The molecule has 1 heterocycles.